The van der Waals surface area contributed by atoms with Crippen LogP contribution in [0.2, 0.25) is 0 Å². The second kappa shape index (κ2) is 7.45. The average molecular weight is 292 g/mol. The molecule has 0 radical (unpaired) electrons. The lowest BCUT2D eigenvalue weighted by molar-refractivity contribution is 0.475. The second-order valence-electron chi connectivity index (χ2n) is 3.52. The molecule has 3 N–H and O–H groups in total. The lowest BCUT2D eigenvalue weighted by atomic mass is 10.2. The minimum absolute atomic E-state index is 0.0457. The topological polar surface area (TPSA) is 60.7 Å². The lowest BCUT2D eigenvalue weighted by Crippen LogP contribution is -1.91. The third kappa shape index (κ3) is 5.46. The molecular weight excluding hydrogens is 280 g/mol. The third-order valence-electron chi connectivity index (χ3n) is 2.13. The number of benzene rings is 2. The highest BCUT2D eigenvalue weighted by molar-refractivity contribution is 7.80. The quantitative estimate of drug-likeness (QED) is 0.739. The van der Waals surface area contributed by atoms with E-state index in [1.807, 2.05) is 18.2 Å². The molecule has 0 aliphatic rings. The fourth-order valence-electron chi connectivity index (χ4n) is 1.18. The van der Waals surface area contributed by atoms with Gasteiger partial charge in [-0.05, 0) is 48.7 Å². The number of hydrogen-bond donors (Lipinski definition) is 3. The van der Waals surface area contributed by atoms with Crippen molar-refractivity contribution in [1.29, 1.82) is 0 Å². The van der Waals surface area contributed by atoms with Crippen molar-refractivity contribution in [1.82, 2.24) is 0 Å². The van der Waals surface area contributed by atoms with E-state index in [0.29, 0.717) is 11.1 Å². The van der Waals surface area contributed by atoms with Crippen molar-refractivity contribution in [3.63, 3.8) is 0 Å². The summed E-state index contributed by atoms with van der Waals surface area (Å²) in [4.78, 5) is 0. The lowest BCUT2D eigenvalue weighted by Gasteiger charge is -1.94. The van der Waals surface area contributed by atoms with Crippen molar-refractivity contribution in [3.05, 3.63) is 65.7 Å². The van der Waals surface area contributed by atoms with E-state index in [2.05, 4.69) is 24.4 Å². The Hall–Kier alpha value is -1.98. The molecule has 0 aromatic heterocycles. The maximum atomic E-state index is 8.81. The Balaban J connectivity index is 0.000000191. The number of aliphatic hydroxyl groups is 2. The summed E-state index contributed by atoms with van der Waals surface area (Å²) in [6, 6.07) is 15.1. The molecule has 0 atom stereocenters. The van der Waals surface area contributed by atoms with Crippen molar-refractivity contribution in [2.45, 2.75) is 0 Å². The predicted octanol–water partition coefficient (Wildman–Crippen LogP) is 3.55. The summed E-state index contributed by atoms with van der Waals surface area (Å²) in [5, 5.41) is 26.1. The first-order valence-corrected chi connectivity index (χ1v) is 6.13. The molecule has 2 aromatic carbocycles. The first-order valence-electron chi connectivity index (χ1n) is 5.31. The van der Waals surface area contributed by atoms with Crippen LogP contribution in [0.5, 0.6) is 5.75 Å². The van der Waals surface area contributed by atoms with Gasteiger partial charge in [-0.2, -0.15) is 0 Å². The van der Waals surface area contributed by atoms with E-state index in [-0.39, 0.29) is 15.9 Å². The van der Waals surface area contributed by atoms with Crippen LogP contribution >= 0.6 is 24.4 Å². The minimum atomic E-state index is -0.153. The summed E-state index contributed by atoms with van der Waals surface area (Å²) in [6.07, 6.45) is 0. The molecule has 5 heteroatoms. The Bertz CT molecular complexity index is 551. The zero-order chi connectivity index (χ0) is 14.3. The Morgan fingerprint density at radius 3 is 1.47 bits per heavy atom. The summed E-state index contributed by atoms with van der Waals surface area (Å²) >= 11 is 9.00. The number of hydrogen-bond acceptors (Lipinski definition) is 3. The molecule has 3 nitrogen and oxygen atoms in total. The van der Waals surface area contributed by atoms with Crippen LogP contribution in [0.4, 0.5) is 0 Å². The fraction of sp³-hybridized carbons (Fsp3) is 0. The molecule has 0 fully saturated rings. The van der Waals surface area contributed by atoms with E-state index < -0.39 is 0 Å². The van der Waals surface area contributed by atoms with Gasteiger partial charge in [-0.3, -0.25) is 0 Å². The Labute approximate surface area is 121 Å². The number of phenolic OH excluding ortho intramolecular Hbond substituents is 1. The van der Waals surface area contributed by atoms with Crippen LogP contribution in [0.15, 0.2) is 54.6 Å². The Morgan fingerprint density at radius 2 is 1.11 bits per heavy atom. The Kier molecular flexibility index (Phi) is 5.92. The highest BCUT2D eigenvalue weighted by Crippen LogP contribution is 2.09. The molecular formula is C14H12O3S2. The summed E-state index contributed by atoms with van der Waals surface area (Å²) < 4.78 is 0. The predicted molar refractivity (Wildman–Crippen MR) is 83.2 cm³/mol. The first-order chi connectivity index (χ1) is 9.00. The van der Waals surface area contributed by atoms with Crippen LogP contribution < -0.4 is 0 Å². The average Bonchev–Trinajstić information content (AvgIpc) is 2.41. The zero-order valence-corrected chi connectivity index (χ0v) is 11.5. The molecule has 0 unspecified atom stereocenters. The summed E-state index contributed by atoms with van der Waals surface area (Å²) in [5.41, 5.74) is 1.25. The van der Waals surface area contributed by atoms with Crippen molar-refractivity contribution < 1.29 is 15.3 Å². The molecule has 0 saturated carbocycles. The van der Waals surface area contributed by atoms with Gasteiger partial charge in [-0.1, -0.05) is 30.3 Å². The number of rotatable bonds is 2. The van der Waals surface area contributed by atoms with E-state index in [9.17, 15) is 0 Å². The van der Waals surface area contributed by atoms with Gasteiger partial charge in [0.2, 0.25) is 0 Å². The standard InChI is InChI=1S/C7H6O2S.C7H6OS/c8-6-3-1-5(2-4-6)7(9)10;8-7(9)6-4-2-1-3-5-6/h1-4,8H,(H,9,10);1-5H,(H,8,9). The summed E-state index contributed by atoms with van der Waals surface area (Å²) in [6.45, 7) is 0. The molecule has 2 rings (SSSR count). The maximum absolute atomic E-state index is 8.81. The van der Waals surface area contributed by atoms with Crippen molar-refractivity contribution in [3.8, 4) is 5.75 Å². The fourth-order valence-corrected chi connectivity index (χ4v) is 1.46. The van der Waals surface area contributed by atoms with Crippen LogP contribution in [-0.2, 0) is 0 Å². The smallest absolute Gasteiger partial charge is 0.188 e. The van der Waals surface area contributed by atoms with Gasteiger partial charge in [-0.15, -0.1) is 0 Å². The molecule has 2 aromatic rings. The molecule has 0 saturated heterocycles. The zero-order valence-electron chi connectivity index (χ0n) is 9.85. The number of aromatic hydroxyl groups is 1. The van der Waals surface area contributed by atoms with Gasteiger partial charge in [-0.25, -0.2) is 0 Å². The van der Waals surface area contributed by atoms with E-state index in [4.69, 9.17) is 15.3 Å². The molecule has 0 bridgehead atoms. The second-order valence-corrected chi connectivity index (χ2v) is 4.30. The van der Waals surface area contributed by atoms with Gasteiger partial charge in [0, 0.05) is 11.1 Å². The molecule has 0 spiro atoms. The van der Waals surface area contributed by atoms with Gasteiger partial charge in [0.05, 0.1) is 0 Å². The molecule has 98 valence electrons. The number of thiocarbonyl (C=S) groups is 2. The van der Waals surface area contributed by atoms with Gasteiger partial charge >= 0.3 is 0 Å². The first kappa shape index (κ1) is 15.1. The van der Waals surface area contributed by atoms with Crippen LogP contribution in [0, 0.1) is 0 Å². The van der Waals surface area contributed by atoms with Crippen LogP contribution in [0.3, 0.4) is 0 Å². The minimum Gasteiger partial charge on any atom is -0.508 e. The highest BCUT2D eigenvalue weighted by Gasteiger charge is 1.95. The van der Waals surface area contributed by atoms with E-state index >= 15 is 0 Å². The molecule has 0 amide bonds. The molecule has 0 aliphatic carbocycles. The van der Waals surface area contributed by atoms with Crippen molar-refractivity contribution >= 4 is 34.5 Å². The molecule has 0 aliphatic heterocycles. The number of phenols is 1. The monoisotopic (exact) mass is 292 g/mol. The SMILES string of the molecule is OC(=S)c1ccc(O)cc1.OC(=S)c1ccccc1. The van der Waals surface area contributed by atoms with Crippen molar-refractivity contribution in [2.24, 2.45) is 0 Å². The van der Waals surface area contributed by atoms with E-state index in [0.717, 1.165) is 0 Å². The maximum Gasteiger partial charge on any atom is 0.188 e. The van der Waals surface area contributed by atoms with Gasteiger partial charge in [0.25, 0.3) is 0 Å². The van der Waals surface area contributed by atoms with Gasteiger partial charge in [0.1, 0.15) is 5.75 Å². The third-order valence-corrected chi connectivity index (χ3v) is 2.61. The van der Waals surface area contributed by atoms with Gasteiger partial charge in [0.15, 0.2) is 10.1 Å². The van der Waals surface area contributed by atoms with E-state index in [1.54, 1.807) is 24.3 Å². The number of aliphatic hydroxyl groups excluding tert-OH is 2. The van der Waals surface area contributed by atoms with Crippen LogP contribution in [0.25, 0.3) is 0 Å². The normalized spacial score (nSPS) is 9.05. The molecule has 0 heterocycles. The van der Waals surface area contributed by atoms with E-state index in [1.165, 1.54) is 12.1 Å². The summed E-state index contributed by atoms with van der Waals surface area (Å²) in [7, 11) is 0. The van der Waals surface area contributed by atoms with Crippen LogP contribution in [0.1, 0.15) is 11.1 Å². The largest absolute Gasteiger partial charge is 0.508 e. The van der Waals surface area contributed by atoms with Gasteiger partial charge < -0.3 is 15.3 Å². The summed E-state index contributed by atoms with van der Waals surface area (Å²) in [5.74, 6) is 0.167. The van der Waals surface area contributed by atoms with Crippen LogP contribution in [-0.4, -0.2) is 25.4 Å². The molecule has 19 heavy (non-hydrogen) atoms. The Morgan fingerprint density at radius 1 is 0.684 bits per heavy atom. The highest BCUT2D eigenvalue weighted by atomic mass is 32.1. The van der Waals surface area contributed by atoms with Crippen molar-refractivity contribution in [2.75, 3.05) is 0 Å².